The third-order valence-electron chi connectivity index (χ3n) is 3.02. The number of benzene rings is 1. The second-order valence-corrected chi connectivity index (χ2v) is 4.23. The van der Waals surface area contributed by atoms with Crippen LogP contribution in [0.1, 0.15) is 24.1 Å². The highest BCUT2D eigenvalue weighted by Gasteiger charge is 2.24. The molecule has 0 amide bonds. The number of aromatic nitrogens is 1. The Morgan fingerprint density at radius 1 is 1.10 bits per heavy atom. The van der Waals surface area contributed by atoms with E-state index >= 15 is 0 Å². The molecule has 1 atom stereocenters. The zero-order chi connectivity index (χ0) is 14.7. The quantitative estimate of drug-likeness (QED) is 0.629. The average molecular weight is 273 g/mol. The molecule has 2 rings (SSSR count). The van der Waals surface area contributed by atoms with Crippen molar-refractivity contribution in [3.05, 3.63) is 74.1 Å². The maximum Gasteiger partial charge on any atom is 0.280 e. The summed E-state index contributed by atoms with van der Waals surface area (Å²) in [6.07, 6.45) is 1.60. The van der Waals surface area contributed by atoms with Crippen LogP contribution in [0.25, 0.3) is 0 Å². The molecule has 0 saturated carbocycles. The van der Waals surface area contributed by atoms with Crippen LogP contribution in [0.15, 0.2) is 42.6 Å². The van der Waals surface area contributed by atoms with E-state index in [1.54, 1.807) is 31.3 Å². The van der Waals surface area contributed by atoms with Gasteiger partial charge in [-0.15, -0.1) is 0 Å². The SMILES string of the molecule is C[C@@H](c1ccccn1)c1ccc([N+](=O)[O-])cc1[N+](=O)[O-]. The van der Waals surface area contributed by atoms with Crippen molar-refractivity contribution >= 4 is 11.4 Å². The number of hydrogen-bond donors (Lipinski definition) is 0. The standard InChI is InChI=1S/C13H11N3O4/c1-9(12-4-2-3-7-14-12)11-6-5-10(15(17)18)8-13(11)16(19)20/h2-9H,1H3/t9-/m1/s1. The summed E-state index contributed by atoms with van der Waals surface area (Å²) in [5, 5.41) is 21.8. The molecule has 1 heterocycles. The Kier molecular flexibility index (Phi) is 3.69. The Morgan fingerprint density at radius 2 is 1.85 bits per heavy atom. The van der Waals surface area contributed by atoms with E-state index in [0.29, 0.717) is 11.3 Å². The van der Waals surface area contributed by atoms with Gasteiger partial charge >= 0.3 is 0 Å². The van der Waals surface area contributed by atoms with Crippen molar-refractivity contribution in [3.63, 3.8) is 0 Å². The van der Waals surface area contributed by atoms with Gasteiger partial charge in [0.1, 0.15) is 0 Å². The van der Waals surface area contributed by atoms with Gasteiger partial charge in [-0.1, -0.05) is 13.0 Å². The van der Waals surface area contributed by atoms with Crippen LogP contribution >= 0.6 is 0 Å². The number of nitrogens with zero attached hydrogens (tertiary/aromatic N) is 3. The van der Waals surface area contributed by atoms with Crippen LogP contribution in [0, 0.1) is 20.2 Å². The molecule has 7 nitrogen and oxygen atoms in total. The maximum absolute atomic E-state index is 11.1. The zero-order valence-corrected chi connectivity index (χ0v) is 10.6. The lowest BCUT2D eigenvalue weighted by Gasteiger charge is -2.11. The second kappa shape index (κ2) is 5.43. The van der Waals surface area contributed by atoms with Crippen molar-refractivity contribution in [2.75, 3.05) is 0 Å². The van der Waals surface area contributed by atoms with Gasteiger partial charge in [-0.3, -0.25) is 25.2 Å². The normalized spacial score (nSPS) is 11.8. The van der Waals surface area contributed by atoms with Crippen LogP contribution < -0.4 is 0 Å². The number of pyridine rings is 1. The molecule has 1 aromatic heterocycles. The third kappa shape index (κ3) is 2.61. The molecule has 102 valence electrons. The number of nitro benzene ring substituents is 2. The van der Waals surface area contributed by atoms with Crippen molar-refractivity contribution in [2.45, 2.75) is 12.8 Å². The van der Waals surface area contributed by atoms with Gasteiger partial charge in [-0.05, 0) is 18.2 Å². The molecule has 0 spiro atoms. The molecule has 2 aromatic rings. The molecule has 20 heavy (non-hydrogen) atoms. The highest BCUT2D eigenvalue weighted by Crippen LogP contribution is 2.33. The lowest BCUT2D eigenvalue weighted by Crippen LogP contribution is -2.04. The largest absolute Gasteiger partial charge is 0.280 e. The fourth-order valence-electron chi connectivity index (χ4n) is 1.96. The summed E-state index contributed by atoms with van der Waals surface area (Å²) in [6.45, 7) is 1.77. The molecule has 0 unspecified atom stereocenters. The minimum atomic E-state index is -0.651. The third-order valence-corrected chi connectivity index (χ3v) is 3.02. The summed E-state index contributed by atoms with van der Waals surface area (Å²) in [4.78, 5) is 24.7. The maximum atomic E-state index is 11.1. The van der Waals surface area contributed by atoms with Gasteiger partial charge in [0, 0.05) is 29.4 Å². The van der Waals surface area contributed by atoms with Crippen LogP contribution in [-0.4, -0.2) is 14.8 Å². The van der Waals surface area contributed by atoms with Gasteiger partial charge in [-0.25, -0.2) is 0 Å². The lowest BCUT2D eigenvalue weighted by molar-refractivity contribution is -0.394. The summed E-state index contributed by atoms with van der Waals surface area (Å²) < 4.78 is 0. The summed E-state index contributed by atoms with van der Waals surface area (Å²) in [5.74, 6) is -0.322. The Labute approximate surface area is 114 Å². The van der Waals surface area contributed by atoms with Crippen molar-refractivity contribution in [1.82, 2.24) is 4.98 Å². The molecule has 0 N–H and O–H groups in total. The molecule has 0 bridgehead atoms. The van der Waals surface area contributed by atoms with Gasteiger partial charge in [0.05, 0.1) is 15.9 Å². The van der Waals surface area contributed by atoms with E-state index in [4.69, 9.17) is 0 Å². The van der Waals surface area contributed by atoms with E-state index in [9.17, 15) is 20.2 Å². The van der Waals surface area contributed by atoms with E-state index in [1.807, 2.05) is 0 Å². The number of nitro groups is 2. The molecule has 7 heteroatoms. The zero-order valence-electron chi connectivity index (χ0n) is 10.6. The van der Waals surface area contributed by atoms with E-state index in [0.717, 1.165) is 6.07 Å². The first-order valence-electron chi connectivity index (χ1n) is 5.84. The highest BCUT2D eigenvalue weighted by atomic mass is 16.6. The Bertz CT molecular complexity index is 658. The molecule has 0 aliphatic rings. The van der Waals surface area contributed by atoms with Crippen molar-refractivity contribution in [3.8, 4) is 0 Å². The number of non-ortho nitro benzene ring substituents is 1. The van der Waals surface area contributed by atoms with Crippen LogP contribution in [0.5, 0.6) is 0 Å². The smallest absolute Gasteiger partial charge is 0.261 e. The Hall–Kier alpha value is -2.83. The minimum Gasteiger partial charge on any atom is -0.261 e. The fourth-order valence-corrected chi connectivity index (χ4v) is 1.96. The van der Waals surface area contributed by atoms with Crippen molar-refractivity contribution in [2.24, 2.45) is 0 Å². The average Bonchev–Trinajstić information content (AvgIpc) is 2.46. The Morgan fingerprint density at radius 3 is 2.40 bits per heavy atom. The summed E-state index contributed by atoms with van der Waals surface area (Å²) in [6, 6.07) is 8.96. The molecule has 0 aliphatic heterocycles. The van der Waals surface area contributed by atoms with Gasteiger partial charge in [0.25, 0.3) is 11.4 Å². The Balaban J connectivity index is 2.51. The molecular formula is C13H11N3O4. The summed E-state index contributed by atoms with van der Waals surface area (Å²) in [5.41, 5.74) is 0.509. The van der Waals surface area contributed by atoms with Gasteiger partial charge in [0.2, 0.25) is 0 Å². The van der Waals surface area contributed by atoms with E-state index < -0.39 is 9.85 Å². The highest BCUT2D eigenvalue weighted by molar-refractivity contribution is 5.52. The fraction of sp³-hybridized carbons (Fsp3) is 0.154. The topological polar surface area (TPSA) is 99.2 Å². The van der Waals surface area contributed by atoms with Crippen LogP contribution in [0.3, 0.4) is 0 Å². The molecular weight excluding hydrogens is 262 g/mol. The first-order chi connectivity index (χ1) is 9.50. The summed E-state index contributed by atoms with van der Waals surface area (Å²) >= 11 is 0. The predicted octanol–water partition coefficient (Wildman–Crippen LogP) is 3.05. The predicted molar refractivity (Wildman–Crippen MR) is 71.5 cm³/mol. The van der Waals surface area contributed by atoms with E-state index in [1.165, 1.54) is 12.1 Å². The van der Waals surface area contributed by atoms with Crippen LogP contribution in [0.2, 0.25) is 0 Å². The molecule has 0 fully saturated rings. The number of hydrogen-bond acceptors (Lipinski definition) is 5. The van der Waals surface area contributed by atoms with Crippen molar-refractivity contribution in [1.29, 1.82) is 0 Å². The second-order valence-electron chi connectivity index (χ2n) is 4.23. The van der Waals surface area contributed by atoms with Gasteiger partial charge in [0.15, 0.2) is 0 Å². The van der Waals surface area contributed by atoms with Gasteiger partial charge < -0.3 is 0 Å². The summed E-state index contributed by atoms with van der Waals surface area (Å²) in [7, 11) is 0. The lowest BCUT2D eigenvalue weighted by atomic mass is 9.95. The number of rotatable bonds is 4. The molecule has 1 aromatic carbocycles. The minimum absolute atomic E-state index is 0.266. The van der Waals surface area contributed by atoms with Crippen LogP contribution in [0.4, 0.5) is 11.4 Å². The van der Waals surface area contributed by atoms with Crippen molar-refractivity contribution < 1.29 is 9.85 Å². The monoisotopic (exact) mass is 273 g/mol. The van der Waals surface area contributed by atoms with Crippen LogP contribution in [-0.2, 0) is 0 Å². The molecule has 0 aliphatic carbocycles. The molecule has 0 saturated heterocycles. The van der Waals surface area contributed by atoms with Gasteiger partial charge in [-0.2, -0.15) is 0 Å². The van der Waals surface area contributed by atoms with E-state index in [-0.39, 0.29) is 17.3 Å². The molecule has 0 radical (unpaired) electrons. The van der Waals surface area contributed by atoms with E-state index in [2.05, 4.69) is 4.98 Å². The first kappa shape index (κ1) is 13.6. The first-order valence-corrected chi connectivity index (χ1v) is 5.84.